The third kappa shape index (κ3) is 3.60. The molecule has 0 aromatic heterocycles. The summed E-state index contributed by atoms with van der Waals surface area (Å²) in [4.78, 5) is 0.751. The molecule has 0 aliphatic carbocycles. The molecule has 1 aromatic carbocycles. The minimum atomic E-state index is -3.78. The summed E-state index contributed by atoms with van der Waals surface area (Å²) < 4.78 is 22.8. The van der Waals surface area contributed by atoms with Gasteiger partial charge in [0.15, 0.2) is 0 Å². The molecule has 0 aliphatic heterocycles. The van der Waals surface area contributed by atoms with Crippen molar-refractivity contribution in [1.29, 1.82) is 0 Å². The largest absolute Gasteiger partial charge is 0.399 e. The molecule has 1 atom stereocenters. The molecule has 5 N–H and O–H groups in total. The summed E-state index contributed by atoms with van der Waals surface area (Å²) in [5.41, 5.74) is 6.55. The van der Waals surface area contributed by atoms with Crippen LogP contribution in [0.25, 0.3) is 0 Å². The van der Waals surface area contributed by atoms with Crippen LogP contribution in [0.15, 0.2) is 21.9 Å². The van der Waals surface area contributed by atoms with Gasteiger partial charge in [-0.2, -0.15) is 0 Å². The fraction of sp³-hybridized carbons (Fsp3) is 0.400. The number of anilines is 1. The van der Waals surface area contributed by atoms with Crippen LogP contribution in [0.1, 0.15) is 12.5 Å². The Labute approximate surface area is 105 Å². The van der Waals surface area contributed by atoms with Gasteiger partial charge in [0.25, 0.3) is 0 Å². The maximum Gasteiger partial charge on any atom is 0.238 e. The van der Waals surface area contributed by atoms with Gasteiger partial charge in [-0.05, 0) is 24.6 Å². The number of sulfonamides is 1. The first-order valence-corrected chi connectivity index (χ1v) is 7.38. The van der Waals surface area contributed by atoms with E-state index in [2.05, 4.69) is 0 Å². The van der Waals surface area contributed by atoms with Gasteiger partial charge in [-0.3, -0.25) is 0 Å². The number of aliphatic hydroxyl groups is 1. The number of thioether (sulfide) groups is 1. The highest BCUT2D eigenvalue weighted by Gasteiger charge is 2.17. The van der Waals surface area contributed by atoms with Gasteiger partial charge in [0.1, 0.15) is 0 Å². The molecule has 0 heterocycles. The fourth-order valence-electron chi connectivity index (χ4n) is 1.35. The summed E-state index contributed by atoms with van der Waals surface area (Å²) in [6.07, 6.45) is 0. The third-order valence-electron chi connectivity index (χ3n) is 2.23. The molecule has 7 heteroatoms. The van der Waals surface area contributed by atoms with Crippen molar-refractivity contribution in [3.8, 4) is 0 Å². The molecule has 0 radical (unpaired) electrons. The van der Waals surface area contributed by atoms with Crippen LogP contribution >= 0.6 is 11.8 Å². The van der Waals surface area contributed by atoms with Crippen molar-refractivity contribution in [2.24, 2.45) is 5.14 Å². The Morgan fingerprint density at radius 2 is 2.06 bits per heavy atom. The topological polar surface area (TPSA) is 106 Å². The van der Waals surface area contributed by atoms with Crippen LogP contribution in [0.5, 0.6) is 0 Å². The van der Waals surface area contributed by atoms with E-state index in [0.717, 1.165) is 4.90 Å². The highest BCUT2D eigenvalue weighted by atomic mass is 32.2. The van der Waals surface area contributed by atoms with Crippen LogP contribution in [-0.4, -0.2) is 25.4 Å². The zero-order chi connectivity index (χ0) is 13.2. The predicted octanol–water partition coefficient (Wildman–Crippen LogP) is 0.698. The second-order valence-corrected chi connectivity index (χ2v) is 6.81. The molecule has 1 aromatic rings. The number of hydrogen-bond acceptors (Lipinski definition) is 5. The van der Waals surface area contributed by atoms with Crippen LogP contribution in [0.4, 0.5) is 5.69 Å². The van der Waals surface area contributed by atoms with Gasteiger partial charge in [0, 0.05) is 15.8 Å². The molecular formula is C10H16N2O3S2. The molecule has 0 spiro atoms. The average Bonchev–Trinajstić information content (AvgIpc) is 2.21. The summed E-state index contributed by atoms with van der Waals surface area (Å²) in [5, 5.41) is 14.1. The maximum atomic E-state index is 11.4. The average molecular weight is 276 g/mol. The first-order chi connectivity index (χ1) is 7.75. The highest BCUT2D eigenvalue weighted by Crippen LogP contribution is 2.32. The van der Waals surface area contributed by atoms with Crippen molar-refractivity contribution < 1.29 is 13.5 Å². The minimum absolute atomic E-state index is 0.00359. The molecule has 0 fully saturated rings. The molecule has 0 aliphatic rings. The third-order valence-corrected chi connectivity index (χ3v) is 4.49. The number of hydrogen-bond donors (Lipinski definition) is 3. The van der Waals surface area contributed by atoms with Gasteiger partial charge in [0.05, 0.1) is 11.5 Å². The van der Waals surface area contributed by atoms with Crippen LogP contribution in [-0.2, 0) is 10.0 Å². The molecule has 96 valence electrons. The van der Waals surface area contributed by atoms with Gasteiger partial charge in [-0.25, -0.2) is 13.6 Å². The predicted molar refractivity (Wildman–Crippen MR) is 69.4 cm³/mol. The second kappa shape index (κ2) is 5.26. The van der Waals surface area contributed by atoms with Gasteiger partial charge in [-0.1, -0.05) is 6.92 Å². The lowest BCUT2D eigenvalue weighted by atomic mass is 10.2. The van der Waals surface area contributed by atoms with E-state index in [9.17, 15) is 8.42 Å². The first-order valence-electron chi connectivity index (χ1n) is 4.96. The Hall–Kier alpha value is -0.760. The molecule has 0 amide bonds. The Kier molecular flexibility index (Phi) is 4.42. The van der Waals surface area contributed by atoms with Crippen molar-refractivity contribution in [3.05, 3.63) is 17.7 Å². The standard InChI is InChI=1S/C10H16N2O3S2/c1-6(5-13)16-9-3-8(11)4-10(7(9)2)17(12,14)15/h3-4,6,13H,5,11H2,1-2H3,(H2,12,14,15). The first kappa shape index (κ1) is 14.3. The van der Waals surface area contributed by atoms with E-state index in [4.69, 9.17) is 16.0 Å². The van der Waals surface area contributed by atoms with E-state index in [1.807, 2.05) is 6.92 Å². The van der Waals surface area contributed by atoms with E-state index in [1.165, 1.54) is 17.8 Å². The van der Waals surface area contributed by atoms with E-state index in [0.29, 0.717) is 11.3 Å². The molecule has 1 rings (SSSR count). The Morgan fingerprint density at radius 3 is 2.53 bits per heavy atom. The highest BCUT2D eigenvalue weighted by molar-refractivity contribution is 8.00. The van der Waals surface area contributed by atoms with Gasteiger partial charge in [0.2, 0.25) is 10.0 Å². The Bertz CT molecular complexity index is 515. The minimum Gasteiger partial charge on any atom is -0.399 e. The number of benzene rings is 1. The van der Waals surface area contributed by atoms with Gasteiger partial charge >= 0.3 is 0 Å². The maximum absolute atomic E-state index is 11.4. The molecule has 17 heavy (non-hydrogen) atoms. The monoisotopic (exact) mass is 276 g/mol. The van der Waals surface area contributed by atoms with E-state index in [1.54, 1.807) is 13.0 Å². The number of aliphatic hydroxyl groups excluding tert-OH is 1. The Morgan fingerprint density at radius 1 is 1.47 bits per heavy atom. The van der Waals surface area contributed by atoms with E-state index >= 15 is 0 Å². The smallest absolute Gasteiger partial charge is 0.238 e. The lowest BCUT2D eigenvalue weighted by Gasteiger charge is -2.13. The van der Waals surface area contributed by atoms with Crippen molar-refractivity contribution in [2.75, 3.05) is 12.3 Å². The van der Waals surface area contributed by atoms with Crippen LogP contribution < -0.4 is 10.9 Å². The lowest BCUT2D eigenvalue weighted by Crippen LogP contribution is -2.15. The van der Waals surface area contributed by atoms with Gasteiger partial charge in [-0.15, -0.1) is 11.8 Å². The van der Waals surface area contributed by atoms with Crippen molar-refractivity contribution in [2.45, 2.75) is 28.9 Å². The number of nitrogen functional groups attached to an aromatic ring is 1. The van der Waals surface area contributed by atoms with Crippen molar-refractivity contribution in [1.82, 2.24) is 0 Å². The van der Waals surface area contributed by atoms with Crippen LogP contribution in [0, 0.1) is 6.92 Å². The summed E-state index contributed by atoms with van der Waals surface area (Å²) in [5.74, 6) is 0. The molecule has 1 unspecified atom stereocenters. The Balaban J connectivity index is 3.29. The SMILES string of the molecule is Cc1c(SC(C)CO)cc(N)cc1S(N)(=O)=O. The molecule has 5 nitrogen and oxygen atoms in total. The lowest BCUT2D eigenvalue weighted by molar-refractivity contribution is 0.300. The number of rotatable bonds is 4. The van der Waals surface area contributed by atoms with Crippen LogP contribution in [0.2, 0.25) is 0 Å². The second-order valence-electron chi connectivity index (χ2n) is 3.80. The van der Waals surface area contributed by atoms with E-state index in [-0.39, 0.29) is 16.8 Å². The molecule has 0 bridgehead atoms. The quantitative estimate of drug-likeness (QED) is 0.554. The zero-order valence-electron chi connectivity index (χ0n) is 9.67. The van der Waals surface area contributed by atoms with Crippen molar-refractivity contribution >= 4 is 27.5 Å². The number of nitrogens with two attached hydrogens (primary N) is 2. The normalized spacial score (nSPS) is 13.6. The molecule has 0 saturated heterocycles. The zero-order valence-corrected chi connectivity index (χ0v) is 11.3. The van der Waals surface area contributed by atoms with Crippen LogP contribution in [0.3, 0.4) is 0 Å². The van der Waals surface area contributed by atoms with E-state index < -0.39 is 10.0 Å². The summed E-state index contributed by atoms with van der Waals surface area (Å²) >= 11 is 1.36. The number of primary sulfonamides is 1. The van der Waals surface area contributed by atoms with Crippen molar-refractivity contribution in [3.63, 3.8) is 0 Å². The summed E-state index contributed by atoms with van der Waals surface area (Å²) in [6, 6.07) is 3.03. The van der Waals surface area contributed by atoms with Gasteiger partial charge < -0.3 is 10.8 Å². The summed E-state index contributed by atoms with van der Waals surface area (Å²) in [7, 11) is -3.78. The molecule has 0 saturated carbocycles. The molecular weight excluding hydrogens is 260 g/mol. The summed E-state index contributed by atoms with van der Waals surface area (Å²) in [6.45, 7) is 3.51. The fourth-order valence-corrected chi connectivity index (χ4v) is 3.25.